The normalized spacial score (nSPS) is 16.7. The van der Waals surface area contributed by atoms with Crippen molar-refractivity contribution in [3.8, 4) is 0 Å². The predicted octanol–water partition coefficient (Wildman–Crippen LogP) is 5.96. The molecule has 5 nitrogen and oxygen atoms in total. The van der Waals surface area contributed by atoms with E-state index < -0.39 is 0 Å². The van der Waals surface area contributed by atoms with Crippen molar-refractivity contribution in [1.82, 2.24) is 4.90 Å². The summed E-state index contributed by atoms with van der Waals surface area (Å²) in [5.41, 5.74) is 0. The Hall–Kier alpha value is -1.10. The lowest BCUT2D eigenvalue weighted by atomic mass is 10.0. The molecule has 0 spiro atoms. The van der Waals surface area contributed by atoms with Crippen LogP contribution >= 0.6 is 0 Å². The SMILES string of the molecule is CCCCCCCCCCCCCCCCOC(=O)C1CC(=O)N(CCC[N+](C)(C)C)C1. The van der Waals surface area contributed by atoms with Crippen molar-refractivity contribution >= 4 is 11.9 Å². The lowest BCUT2D eigenvalue weighted by Gasteiger charge is -2.25. The Labute approximate surface area is 198 Å². The zero-order valence-corrected chi connectivity index (χ0v) is 21.8. The zero-order valence-electron chi connectivity index (χ0n) is 21.8. The second-order valence-electron chi connectivity index (χ2n) is 10.9. The summed E-state index contributed by atoms with van der Waals surface area (Å²) in [5.74, 6) is -0.342. The van der Waals surface area contributed by atoms with Crippen molar-refractivity contribution in [2.75, 3.05) is 47.4 Å². The Morgan fingerprint density at radius 3 is 1.84 bits per heavy atom. The third-order valence-electron chi connectivity index (χ3n) is 6.55. The Bertz CT molecular complexity index is 502. The summed E-state index contributed by atoms with van der Waals surface area (Å²) in [6.45, 7) is 5.08. The van der Waals surface area contributed by atoms with E-state index in [9.17, 15) is 9.59 Å². The van der Waals surface area contributed by atoms with E-state index in [1.165, 1.54) is 77.0 Å². The third kappa shape index (κ3) is 14.9. The minimum Gasteiger partial charge on any atom is -0.465 e. The number of carbonyl (C=O) groups excluding carboxylic acids is 2. The van der Waals surface area contributed by atoms with Crippen LogP contribution < -0.4 is 0 Å². The van der Waals surface area contributed by atoms with Crippen molar-refractivity contribution < 1.29 is 18.8 Å². The molecule has 1 unspecified atom stereocenters. The van der Waals surface area contributed by atoms with Crippen LogP contribution in [0, 0.1) is 5.92 Å². The average Bonchev–Trinajstić information content (AvgIpc) is 3.10. The van der Waals surface area contributed by atoms with Gasteiger partial charge in [-0.05, 0) is 6.42 Å². The van der Waals surface area contributed by atoms with E-state index in [1.54, 1.807) is 0 Å². The average molecular weight is 454 g/mol. The predicted molar refractivity (Wildman–Crippen MR) is 133 cm³/mol. The summed E-state index contributed by atoms with van der Waals surface area (Å²) in [4.78, 5) is 26.3. The fraction of sp³-hybridized carbons (Fsp3) is 0.926. The Morgan fingerprint density at radius 1 is 0.844 bits per heavy atom. The highest BCUT2D eigenvalue weighted by atomic mass is 16.5. The number of hydrogen-bond acceptors (Lipinski definition) is 3. The number of carbonyl (C=O) groups is 2. The van der Waals surface area contributed by atoms with Crippen LogP contribution in [0.15, 0.2) is 0 Å². The van der Waals surface area contributed by atoms with Crippen LogP contribution in [0.25, 0.3) is 0 Å². The molecule has 5 heteroatoms. The minimum atomic E-state index is -0.265. The van der Waals surface area contributed by atoms with Crippen LogP contribution in [0.4, 0.5) is 0 Å². The van der Waals surface area contributed by atoms with Gasteiger partial charge in [-0.25, -0.2) is 0 Å². The molecule has 32 heavy (non-hydrogen) atoms. The van der Waals surface area contributed by atoms with Crippen molar-refractivity contribution in [3.63, 3.8) is 0 Å². The molecule has 1 amide bonds. The molecule has 0 N–H and O–H groups in total. The smallest absolute Gasteiger partial charge is 0.311 e. The van der Waals surface area contributed by atoms with E-state index in [0.29, 0.717) is 19.6 Å². The van der Waals surface area contributed by atoms with Gasteiger partial charge in [0.1, 0.15) is 0 Å². The molecular formula is C27H53N2O3+. The molecule has 1 aliphatic rings. The number of nitrogens with zero attached hydrogens (tertiary/aromatic N) is 2. The van der Waals surface area contributed by atoms with Gasteiger partial charge < -0.3 is 14.1 Å². The van der Waals surface area contributed by atoms with Gasteiger partial charge in [-0.15, -0.1) is 0 Å². The van der Waals surface area contributed by atoms with Crippen molar-refractivity contribution in [3.05, 3.63) is 0 Å². The van der Waals surface area contributed by atoms with Crippen molar-refractivity contribution in [1.29, 1.82) is 0 Å². The summed E-state index contributed by atoms with van der Waals surface area (Å²) < 4.78 is 6.36. The van der Waals surface area contributed by atoms with E-state index >= 15 is 0 Å². The molecule has 1 heterocycles. The fourth-order valence-corrected chi connectivity index (χ4v) is 4.47. The first-order chi connectivity index (χ1) is 15.3. The second kappa shape index (κ2) is 17.4. The van der Waals surface area contributed by atoms with Gasteiger partial charge in [0.25, 0.3) is 0 Å². The number of hydrogen-bond donors (Lipinski definition) is 0. The number of unbranched alkanes of at least 4 members (excludes halogenated alkanes) is 13. The maximum absolute atomic E-state index is 12.3. The minimum absolute atomic E-state index is 0.102. The molecule has 1 fully saturated rings. The summed E-state index contributed by atoms with van der Waals surface area (Å²) >= 11 is 0. The molecule has 0 bridgehead atoms. The molecule has 0 saturated carbocycles. The first kappa shape index (κ1) is 28.9. The highest BCUT2D eigenvalue weighted by Gasteiger charge is 2.35. The maximum atomic E-state index is 12.3. The largest absolute Gasteiger partial charge is 0.465 e. The molecule has 0 aromatic carbocycles. The molecule has 188 valence electrons. The molecular weight excluding hydrogens is 400 g/mol. The molecule has 1 atom stereocenters. The standard InChI is InChI=1S/C27H53N2O3/c1-5-6-7-8-9-10-11-12-13-14-15-16-17-18-22-32-27(31)25-23-26(30)28(24-25)20-19-21-29(2,3)4/h25H,5-24H2,1-4H3/q+1. The van der Waals surface area contributed by atoms with Crippen LogP contribution in [-0.2, 0) is 14.3 Å². The number of esters is 1. The summed E-state index contributed by atoms with van der Waals surface area (Å²) in [6, 6.07) is 0. The van der Waals surface area contributed by atoms with E-state index in [4.69, 9.17) is 4.74 Å². The van der Waals surface area contributed by atoms with Crippen LogP contribution in [0.3, 0.4) is 0 Å². The van der Waals surface area contributed by atoms with Gasteiger partial charge in [-0.3, -0.25) is 9.59 Å². The number of likely N-dealkylation sites (tertiary alicyclic amines) is 1. The van der Waals surface area contributed by atoms with Gasteiger partial charge >= 0.3 is 5.97 Å². The van der Waals surface area contributed by atoms with E-state index in [1.807, 2.05) is 4.90 Å². The number of ether oxygens (including phenoxy) is 1. The van der Waals surface area contributed by atoms with Gasteiger partial charge in [0.05, 0.1) is 40.2 Å². The topological polar surface area (TPSA) is 46.6 Å². The second-order valence-corrected chi connectivity index (χ2v) is 10.9. The number of amides is 1. The van der Waals surface area contributed by atoms with Crippen LogP contribution in [0.5, 0.6) is 0 Å². The first-order valence-electron chi connectivity index (χ1n) is 13.6. The number of rotatable bonds is 20. The van der Waals surface area contributed by atoms with Crippen molar-refractivity contribution in [2.24, 2.45) is 5.92 Å². The summed E-state index contributed by atoms with van der Waals surface area (Å²) in [7, 11) is 6.47. The maximum Gasteiger partial charge on any atom is 0.311 e. The highest BCUT2D eigenvalue weighted by Crippen LogP contribution is 2.20. The molecule has 1 rings (SSSR count). The van der Waals surface area contributed by atoms with Crippen LogP contribution in [0.2, 0.25) is 0 Å². The van der Waals surface area contributed by atoms with Gasteiger partial charge in [-0.2, -0.15) is 0 Å². The molecule has 1 aliphatic heterocycles. The monoisotopic (exact) mass is 453 g/mol. The summed E-state index contributed by atoms with van der Waals surface area (Å²) in [6.07, 6.45) is 19.8. The Morgan fingerprint density at radius 2 is 1.34 bits per heavy atom. The number of quaternary nitrogens is 1. The van der Waals surface area contributed by atoms with Crippen molar-refractivity contribution in [2.45, 2.75) is 110 Å². The van der Waals surface area contributed by atoms with E-state index in [-0.39, 0.29) is 17.8 Å². The fourth-order valence-electron chi connectivity index (χ4n) is 4.47. The van der Waals surface area contributed by atoms with E-state index in [0.717, 1.165) is 36.8 Å². The van der Waals surface area contributed by atoms with Gasteiger partial charge in [0, 0.05) is 25.9 Å². The van der Waals surface area contributed by atoms with Crippen LogP contribution in [0.1, 0.15) is 110 Å². The Balaban J connectivity index is 1.93. The highest BCUT2D eigenvalue weighted by molar-refractivity contribution is 5.86. The zero-order chi connectivity index (χ0) is 23.7. The Kier molecular flexibility index (Phi) is 15.7. The first-order valence-corrected chi connectivity index (χ1v) is 13.6. The van der Waals surface area contributed by atoms with E-state index in [2.05, 4.69) is 28.1 Å². The molecule has 1 saturated heterocycles. The molecule has 0 radical (unpaired) electrons. The lowest BCUT2D eigenvalue weighted by Crippen LogP contribution is -2.38. The van der Waals surface area contributed by atoms with Gasteiger partial charge in [-0.1, -0.05) is 90.4 Å². The quantitative estimate of drug-likeness (QED) is 0.130. The van der Waals surface area contributed by atoms with Crippen LogP contribution in [-0.4, -0.2) is 68.6 Å². The van der Waals surface area contributed by atoms with Gasteiger partial charge in [0.2, 0.25) is 5.91 Å². The third-order valence-corrected chi connectivity index (χ3v) is 6.55. The molecule has 0 aromatic heterocycles. The van der Waals surface area contributed by atoms with Gasteiger partial charge in [0.15, 0.2) is 0 Å². The summed E-state index contributed by atoms with van der Waals surface area (Å²) in [5, 5.41) is 0. The molecule has 0 aromatic rings. The molecule has 0 aliphatic carbocycles. The lowest BCUT2D eigenvalue weighted by molar-refractivity contribution is -0.870.